The Morgan fingerprint density at radius 3 is 2.21 bits per heavy atom. The molecule has 2 heteroatoms. The fraction of sp³-hybridized carbons (Fsp3) is 0.917. The van der Waals surface area contributed by atoms with Crippen LogP contribution in [0.25, 0.3) is 0 Å². The predicted octanol–water partition coefficient (Wildman–Crippen LogP) is 2.56. The van der Waals surface area contributed by atoms with Crippen LogP contribution in [0.5, 0.6) is 0 Å². The van der Waals surface area contributed by atoms with Gasteiger partial charge in [0.2, 0.25) is 0 Å². The van der Waals surface area contributed by atoms with Crippen molar-refractivity contribution in [1.82, 2.24) is 4.90 Å². The van der Waals surface area contributed by atoms with Gasteiger partial charge in [-0.3, -0.25) is 0 Å². The van der Waals surface area contributed by atoms with Crippen LogP contribution in [0.3, 0.4) is 0 Å². The van der Waals surface area contributed by atoms with E-state index in [1.807, 2.05) is 0 Å². The standard InChI is InChI=1S/C12H20N2/c13-10-12(6-2-1-3-7-12)11-14-8-4-5-9-14/h1-9,11H2. The van der Waals surface area contributed by atoms with E-state index in [1.54, 1.807) is 0 Å². The Balaban J connectivity index is 1.93. The van der Waals surface area contributed by atoms with Crippen LogP contribution in [-0.2, 0) is 0 Å². The van der Waals surface area contributed by atoms with Gasteiger partial charge in [0, 0.05) is 6.54 Å². The van der Waals surface area contributed by atoms with Gasteiger partial charge in [-0.1, -0.05) is 19.3 Å². The molecule has 2 fully saturated rings. The molecule has 0 atom stereocenters. The number of nitrogens with zero attached hydrogens (tertiary/aromatic N) is 2. The lowest BCUT2D eigenvalue weighted by atomic mass is 9.75. The Kier molecular flexibility index (Phi) is 3.08. The molecule has 2 aliphatic rings. The van der Waals surface area contributed by atoms with Gasteiger partial charge in [-0.15, -0.1) is 0 Å². The van der Waals surface area contributed by atoms with Crippen molar-refractivity contribution >= 4 is 0 Å². The third-order valence-electron chi connectivity index (χ3n) is 3.77. The molecule has 1 aliphatic heterocycles. The quantitative estimate of drug-likeness (QED) is 0.672. The summed E-state index contributed by atoms with van der Waals surface area (Å²) >= 11 is 0. The summed E-state index contributed by atoms with van der Waals surface area (Å²) < 4.78 is 0. The largest absolute Gasteiger partial charge is 0.302 e. The molecule has 2 rings (SSSR count). The summed E-state index contributed by atoms with van der Waals surface area (Å²) in [5.74, 6) is 0. The van der Waals surface area contributed by atoms with Gasteiger partial charge in [0.15, 0.2) is 0 Å². The first-order valence-electron chi connectivity index (χ1n) is 5.98. The molecule has 1 aliphatic carbocycles. The SMILES string of the molecule is N#CC1(CN2CCCC2)CCCCC1. The summed E-state index contributed by atoms with van der Waals surface area (Å²) in [6.45, 7) is 3.50. The zero-order valence-electron chi connectivity index (χ0n) is 8.97. The summed E-state index contributed by atoms with van der Waals surface area (Å²) in [5, 5.41) is 9.33. The highest BCUT2D eigenvalue weighted by atomic mass is 15.1. The van der Waals surface area contributed by atoms with Crippen LogP contribution in [0, 0.1) is 16.7 Å². The van der Waals surface area contributed by atoms with Gasteiger partial charge in [0.25, 0.3) is 0 Å². The second kappa shape index (κ2) is 4.31. The summed E-state index contributed by atoms with van der Waals surface area (Å²) in [6.07, 6.45) is 8.81. The fourth-order valence-electron chi connectivity index (χ4n) is 2.90. The van der Waals surface area contributed by atoms with Crippen LogP contribution in [-0.4, -0.2) is 24.5 Å². The van der Waals surface area contributed by atoms with Crippen molar-refractivity contribution in [2.24, 2.45) is 5.41 Å². The molecule has 14 heavy (non-hydrogen) atoms. The van der Waals surface area contributed by atoms with E-state index in [4.69, 9.17) is 0 Å². The lowest BCUT2D eigenvalue weighted by molar-refractivity contribution is 0.174. The molecule has 0 N–H and O–H groups in total. The Bertz CT molecular complexity index is 217. The van der Waals surface area contributed by atoms with Crippen molar-refractivity contribution < 1.29 is 0 Å². The van der Waals surface area contributed by atoms with Crippen molar-refractivity contribution in [1.29, 1.82) is 5.26 Å². The molecule has 0 unspecified atom stereocenters. The maximum absolute atomic E-state index is 9.33. The van der Waals surface area contributed by atoms with E-state index >= 15 is 0 Å². The van der Waals surface area contributed by atoms with Crippen molar-refractivity contribution in [3.63, 3.8) is 0 Å². The van der Waals surface area contributed by atoms with E-state index in [-0.39, 0.29) is 5.41 Å². The highest BCUT2D eigenvalue weighted by Gasteiger charge is 2.34. The summed E-state index contributed by atoms with van der Waals surface area (Å²) in [6, 6.07) is 2.60. The predicted molar refractivity (Wildman–Crippen MR) is 56.8 cm³/mol. The molecule has 78 valence electrons. The summed E-state index contributed by atoms with van der Waals surface area (Å²) in [7, 11) is 0. The Hall–Kier alpha value is -0.550. The highest BCUT2D eigenvalue weighted by Crippen LogP contribution is 2.36. The molecule has 1 saturated heterocycles. The molecule has 0 radical (unpaired) electrons. The number of hydrogen-bond acceptors (Lipinski definition) is 2. The zero-order valence-corrected chi connectivity index (χ0v) is 8.97. The third kappa shape index (κ3) is 2.09. The third-order valence-corrected chi connectivity index (χ3v) is 3.77. The normalized spacial score (nSPS) is 27.4. The second-order valence-electron chi connectivity index (χ2n) is 4.94. The average molecular weight is 192 g/mol. The molecule has 0 aromatic heterocycles. The van der Waals surface area contributed by atoms with Crippen molar-refractivity contribution in [2.75, 3.05) is 19.6 Å². The lowest BCUT2D eigenvalue weighted by Crippen LogP contribution is -2.36. The minimum atomic E-state index is 0.0165. The highest BCUT2D eigenvalue weighted by molar-refractivity contribution is 5.02. The van der Waals surface area contributed by atoms with E-state index in [0.29, 0.717) is 0 Å². The topological polar surface area (TPSA) is 27.0 Å². The second-order valence-corrected chi connectivity index (χ2v) is 4.94. The summed E-state index contributed by atoms with van der Waals surface area (Å²) in [4.78, 5) is 2.49. The van der Waals surface area contributed by atoms with Crippen LogP contribution in [0.2, 0.25) is 0 Å². The first-order chi connectivity index (χ1) is 6.85. The molecular weight excluding hydrogens is 172 g/mol. The van der Waals surface area contributed by atoms with Crippen LogP contribution >= 0.6 is 0 Å². The summed E-state index contributed by atoms with van der Waals surface area (Å²) in [5.41, 5.74) is 0.0165. The van der Waals surface area contributed by atoms with Gasteiger partial charge in [-0.25, -0.2) is 0 Å². The van der Waals surface area contributed by atoms with Crippen LogP contribution in [0.1, 0.15) is 44.9 Å². The van der Waals surface area contributed by atoms with Crippen LogP contribution in [0.4, 0.5) is 0 Å². The van der Waals surface area contributed by atoms with Gasteiger partial charge in [0.1, 0.15) is 0 Å². The molecule has 0 aromatic rings. The first kappa shape index (κ1) is 9.98. The van der Waals surface area contributed by atoms with E-state index in [2.05, 4.69) is 11.0 Å². The van der Waals surface area contributed by atoms with Gasteiger partial charge in [-0.2, -0.15) is 5.26 Å². The minimum absolute atomic E-state index is 0.0165. The lowest BCUT2D eigenvalue weighted by Gasteiger charge is -2.34. The van der Waals surface area contributed by atoms with E-state index in [0.717, 1.165) is 19.4 Å². The van der Waals surface area contributed by atoms with Crippen LogP contribution in [0.15, 0.2) is 0 Å². The molecule has 1 heterocycles. The van der Waals surface area contributed by atoms with Gasteiger partial charge in [-0.05, 0) is 38.8 Å². The Labute approximate surface area is 86.9 Å². The molecule has 0 bridgehead atoms. The first-order valence-corrected chi connectivity index (χ1v) is 5.98. The van der Waals surface area contributed by atoms with Gasteiger partial charge >= 0.3 is 0 Å². The van der Waals surface area contributed by atoms with Gasteiger partial charge in [0.05, 0.1) is 11.5 Å². The molecule has 0 aromatic carbocycles. The number of nitriles is 1. The van der Waals surface area contributed by atoms with Crippen LogP contribution < -0.4 is 0 Å². The molecular formula is C12H20N2. The number of hydrogen-bond donors (Lipinski definition) is 0. The smallest absolute Gasteiger partial charge is 0.0703 e. The Morgan fingerprint density at radius 1 is 1.00 bits per heavy atom. The van der Waals surface area contributed by atoms with E-state index in [1.165, 1.54) is 45.2 Å². The van der Waals surface area contributed by atoms with Crippen molar-refractivity contribution in [2.45, 2.75) is 44.9 Å². The van der Waals surface area contributed by atoms with E-state index in [9.17, 15) is 5.26 Å². The number of rotatable bonds is 2. The zero-order chi connectivity index (χ0) is 9.86. The Morgan fingerprint density at radius 2 is 1.64 bits per heavy atom. The van der Waals surface area contributed by atoms with Crippen molar-refractivity contribution in [3.8, 4) is 6.07 Å². The monoisotopic (exact) mass is 192 g/mol. The molecule has 2 nitrogen and oxygen atoms in total. The minimum Gasteiger partial charge on any atom is -0.302 e. The molecule has 1 saturated carbocycles. The van der Waals surface area contributed by atoms with Gasteiger partial charge < -0.3 is 4.90 Å². The van der Waals surface area contributed by atoms with Crippen molar-refractivity contribution in [3.05, 3.63) is 0 Å². The van der Waals surface area contributed by atoms with E-state index < -0.39 is 0 Å². The maximum Gasteiger partial charge on any atom is 0.0703 e. The fourth-order valence-corrected chi connectivity index (χ4v) is 2.90. The number of likely N-dealkylation sites (tertiary alicyclic amines) is 1. The average Bonchev–Trinajstić information content (AvgIpc) is 2.72. The maximum atomic E-state index is 9.33. The molecule has 0 spiro atoms. The molecule has 0 amide bonds.